The van der Waals surface area contributed by atoms with Gasteiger partial charge in [0.2, 0.25) is 5.95 Å². The summed E-state index contributed by atoms with van der Waals surface area (Å²) < 4.78 is 39.0. The van der Waals surface area contributed by atoms with Crippen LogP contribution in [0.15, 0.2) is 47.1 Å². The summed E-state index contributed by atoms with van der Waals surface area (Å²) in [6.45, 7) is 0. The van der Waals surface area contributed by atoms with Crippen molar-refractivity contribution in [2.45, 2.75) is 6.18 Å². The molecule has 0 atom stereocenters. The molecule has 0 fully saturated rings. The van der Waals surface area contributed by atoms with Gasteiger partial charge in [-0.2, -0.15) is 13.2 Å². The molecule has 0 aliphatic carbocycles. The maximum absolute atomic E-state index is 13.0. The fraction of sp³-hybridized carbons (Fsp3) is 0.0667. The molecule has 0 radical (unpaired) electrons. The molecule has 0 aliphatic heterocycles. The Balaban J connectivity index is 2.23. The van der Waals surface area contributed by atoms with Gasteiger partial charge in [0.15, 0.2) is 0 Å². The van der Waals surface area contributed by atoms with Crippen molar-refractivity contribution in [2.24, 2.45) is 0 Å². The molecule has 0 spiro atoms. The van der Waals surface area contributed by atoms with Crippen molar-refractivity contribution in [3.05, 3.63) is 52.8 Å². The van der Waals surface area contributed by atoms with Crippen LogP contribution in [-0.4, -0.2) is 20.2 Å². The van der Waals surface area contributed by atoms with Crippen molar-refractivity contribution < 1.29 is 13.2 Å². The first kappa shape index (κ1) is 16.3. The van der Waals surface area contributed by atoms with E-state index in [0.29, 0.717) is 11.3 Å². The lowest BCUT2D eigenvalue weighted by atomic mass is 10.0. The number of nitrogens with two attached hydrogens (primary N) is 1. The van der Waals surface area contributed by atoms with E-state index < -0.39 is 11.9 Å². The number of hydrogen-bond acceptors (Lipinski definition) is 5. The maximum Gasteiger partial charge on any atom is 0.433 e. The number of hydrogen-bond donors (Lipinski definition) is 1. The van der Waals surface area contributed by atoms with Crippen molar-refractivity contribution in [2.75, 3.05) is 5.73 Å². The SMILES string of the molecule is Nc1nnc(-c2cc(Br)nc(C(F)(F)F)c2)c(-c2ccccc2)n1. The zero-order chi connectivity index (χ0) is 17.3. The number of nitrogen functional groups attached to an aromatic ring is 1. The van der Waals surface area contributed by atoms with Crippen LogP contribution in [0.1, 0.15) is 5.69 Å². The lowest BCUT2D eigenvalue weighted by Crippen LogP contribution is -2.09. The number of anilines is 1. The van der Waals surface area contributed by atoms with Crippen molar-refractivity contribution >= 4 is 21.9 Å². The van der Waals surface area contributed by atoms with E-state index in [1.54, 1.807) is 24.3 Å². The molecule has 0 bridgehead atoms. The van der Waals surface area contributed by atoms with Gasteiger partial charge in [-0.1, -0.05) is 30.3 Å². The highest BCUT2D eigenvalue weighted by Gasteiger charge is 2.33. The van der Waals surface area contributed by atoms with Crippen LogP contribution in [-0.2, 0) is 6.18 Å². The Hall–Kier alpha value is -2.55. The Morgan fingerprint density at radius 3 is 2.25 bits per heavy atom. The van der Waals surface area contributed by atoms with E-state index in [1.807, 2.05) is 6.07 Å². The van der Waals surface area contributed by atoms with Crippen LogP contribution < -0.4 is 5.73 Å². The van der Waals surface area contributed by atoms with Crippen LogP contribution in [0.4, 0.5) is 19.1 Å². The predicted octanol–water partition coefficient (Wildman–Crippen LogP) is 3.96. The van der Waals surface area contributed by atoms with Crippen LogP contribution in [0.3, 0.4) is 0 Å². The highest BCUT2D eigenvalue weighted by Crippen LogP contribution is 2.34. The van der Waals surface area contributed by atoms with E-state index >= 15 is 0 Å². The number of pyridine rings is 1. The average molecular weight is 396 g/mol. The second-order valence-electron chi connectivity index (χ2n) is 4.79. The summed E-state index contributed by atoms with van der Waals surface area (Å²) in [5.41, 5.74) is 5.92. The molecule has 5 nitrogen and oxygen atoms in total. The molecule has 3 aromatic rings. The van der Waals surface area contributed by atoms with Gasteiger partial charge in [-0.3, -0.25) is 0 Å². The number of benzene rings is 1. The molecule has 9 heteroatoms. The Bertz CT molecular complexity index is 884. The summed E-state index contributed by atoms with van der Waals surface area (Å²) >= 11 is 2.99. The first-order chi connectivity index (χ1) is 11.3. The monoisotopic (exact) mass is 395 g/mol. The molecule has 0 saturated heterocycles. The van der Waals surface area contributed by atoms with Crippen molar-refractivity contribution in [1.82, 2.24) is 20.2 Å². The third-order valence-electron chi connectivity index (χ3n) is 3.11. The van der Waals surface area contributed by atoms with Crippen LogP contribution in [0, 0.1) is 0 Å². The summed E-state index contributed by atoms with van der Waals surface area (Å²) in [5.74, 6) is -0.0678. The minimum Gasteiger partial charge on any atom is -0.366 e. The Kier molecular flexibility index (Phi) is 4.18. The fourth-order valence-electron chi connectivity index (χ4n) is 2.11. The Labute approximate surface area is 142 Å². The first-order valence-electron chi connectivity index (χ1n) is 6.65. The lowest BCUT2D eigenvalue weighted by molar-refractivity contribution is -0.141. The molecule has 0 aliphatic rings. The molecule has 1 aromatic carbocycles. The number of aromatic nitrogens is 4. The van der Waals surface area contributed by atoms with Gasteiger partial charge >= 0.3 is 6.18 Å². The maximum atomic E-state index is 13.0. The first-order valence-corrected chi connectivity index (χ1v) is 7.44. The van der Waals surface area contributed by atoms with Gasteiger partial charge in [0.25, 0.3) is 0 Å². The molecular weight excluding hydrogens is 387 g/mol. The van der Waals surface area contributed by atoms with E-state index in [2.05, 4.69) is 36.1 Å². The molecule has 2 N–H and O–H groups in total. The minimum atomic E-state index is -4.58. The zero-order valence-electron chi connectivity index (χ0n) is 11.9. The average Bonchev–Trinajstić information content (AvgIpc) is 2.54. The molecule has 0 saturated carbocycles. The van der Waals surface area contributed by atoms with Crippen LogP contribution in [0.2, 0.25) is 0 Å². The Morgan fingerprint density at radius 1 is 0.875 bits per heavy atom. The van der Waals surface area contributed by atoms with Crippen molar-refractivity contribution in [1.29, 1.82) is 0 Å². The molecule has 0 unspecified atom stereocenters. The van der Waals surface area contributed by atoms with Gasteiger partial charge in [0, 0.05) is 11.1 Å². The topological polar surface area (TPSA) is 77.6 Å². The summed E-state index contributed by atoms with van der Waals surface area (Å²) in [7, 11) is 0. The molecule has 0 amide bonds. The van der Waals surface area contributed by atoms with E-state index in [9.17, 15) is 13.2 Å². The summed E-state index contributed by atoms with van der Waals surface area (Å²) in [6.07, 6.45) is -4.58. The van der Waals surface area contributed by atoms with Gasteiger partial charge in [0.1, 0.15) is 21.7 Å². The molecule has 3 rings (SSSR count). The van der Waals surface area contributed by atoms with Gasteiger partial charge in [-0.15, -0.1) is 10.2 Å². The third-order valence-corrected chi connectivity index (χ3v) is 3.51. The highest BCUT2D eigenvalue weighted by molar-refractivity contribution is 9.10. The summed E-state index contributed by atoms with van der Waals surface area (Å²) in [6, 6.07) is 11.2. The number of nitrogens with zero attached hydrogens (tertiary/aromatic N) is 4. The second kappa shape index (κ2) is 6.16. The third kappa shape index (κ3) is 3.35. The lowest BCUT2D eigenvalue weighted by Gasteiger charge is -2.11. The fourth-order valence-corrected chi connectivity index (χ4v) is 2.55. The van der Waals surface area contributed by atoms with Crippen molar-refractivity contribution in [3.8, 4) is 22.5 Å². The van der Waals surface area contributed by atoms with Crippen LogP contribution >= 0.6 is 15.9 Å². The standard InChI is InChI=1S/C15H9BrF3N5/c16-11-7-9(6-10(21-11)15(17,18)19)13-12(22-14(20)24-23-13)8-4-2-1-3-5-8/h1-7H,(H2,20,22,24). The molecular formula is C15H9BrF3N5. The molecule has 24 heavy (non-hydrogen) atoms. The van der Waals surface area contributed by atoms with E-state index in [1.165, 1.54) is 6.07 Å². The van der Waals surface area contributed by atoms with Crippen LogP contribution in [0.5, 0.6) is 0 Å². The smallest absolute Gasteiger partial charge is 0.366 e. The van der Waals surface area contributed by atoms with Crippen LogP contribution in [0.25, 0.3) is 22.5 Å². The molecule has 122 valence electrons. The second-order valence-corrected chi connectivity index (χ2v) is 5.61. The molecule has 2 heterocycles. The predicted molar refractivity (Wildman–Crippen MR) is 85.6 cm³/mol. The summed E-state index contributed by atoms with van der Waals surface area (Å²) in [5, 5.41) is 7.60. The van der Waals surface area contributed by atoms with Gasteiger partial charge < -0.3 is 5.73 Å². The van der Waals surface area contributed by atoms with Gasteiger partial charge in [-0.25, -0.2) is 9.97 Å². The normalized spacial score (nSPS) is 11.5. The van der Waals surface area contributed by atoms with E-state index in [0.717, 1.165) is 6.07 Å². The highest BCUT2D eigenvalue weighted by atomic mass is 79.9. The van der Waals surface area contributed by atoms with Crippen molar-refractivity contribution in [3.63, 3.8) is 0 Å². The van der Waals surface area contributed by atoms with E-state index in [-0.39, 0.29) is 21.8 Å². The minimum absolute atomic E-state index is 0.0324. The molecule has 2 aromatic heterocycles. The van der Waals surface area contributed by atoms with E-state index in [4.69, 9.17) is 5.73 Å². The zero-order valence-corrected chi connectivity index (χ0v) is 13.5. The number of alkyl halides is 3. The Morgan fingerprint density at radius 2 is 1.58 bits per heavy atom. The number of rotatable bonds is 2. The number of halogens is 4. The summed E-state index contributed by atoms with van der Waals surface area (Å²) in [4.78, 5) is 7.58. The largest absolute Gasteiger partial charge is 0.433 e. The quantitative estimate of drug-likeness (QED) is 0.664. The van der Waals surface area contributed by atoms with Gasteiger partial charge in [-0.05, 0) is 28.1 Å². The van der Waals surface area contributed by atoms with Gasteiger partial charge in [0.05, 0.1) is 0 Å².